The van der Waals surface area contributed by atoms with Crippen molar-refractivity contribution in [2.45, 2.75) is 43.9 Å². The quantitative estimate of drug-likeness (QED) is 0.737. The fraction of sp³-hybridized carbons (Fsp3) is 0.348. The van der Waals surface area contributed by atoms with Crippen LogP contribution in [-0.2, 0) is 4.79 Å². The summed E-state index contributed by atoms with van der Waals surface area (Å²) in [5.41, 5.74) is 2.13. The first-order valence-electron chi connectivity index (χ1n) is 9.54. The Bertz CT molecular complexity index is 833. The largest absolute Gasteiger partial charge is 0.496 e. The summed E-state index contributed by atoms with van der Waals surface area (Å²) < 4.78 is 11.8. The molecule has 2 saturated heterocycles. The normalized spacial score (nSPS) is 23.7. The maximum absolute atomic E-state index is 12.1. The van der Waals surface area contributed by atoms with Crippen molar-refractivity contribution in [3.63, 3.8) is 0 Å². The van der Waals surface area contributed by atoms with Crippen LogP contribution in [0.25, 0.3) is 11.1 Å². The maximum atomic E-state index is 12.1. The third-order valence-electron chi connectivity index (χ3n) is 5.67. The van der Waals surface area contributed by atoms with Crippen LogP contribution in [0.5, 0.6) is 11.5 Å². The van der Waals surface area contributed by atoms with Crippen LogP contribution in [0.1, 0.15) is 25.7 Å². The smallest absolute Gasteiger partial charge is 0.246 e. The molecule has 2 bridgehead atoms. The van der Waals surface area contributed by atoms with Gasteiger partial charge in [0.25, 0.3) is 0 Å². The summed E-state index contributed by atoms with van der Waals surface area (Å²) >= 11 is 0. The Morgan fingerprint density at radius 2 is 1.85 bits per heavy atom. The molecule has 0 N–H and O–H groups in total. The van der Waals surface area contributed by atoms with Crippen LogP contribution in [0.2, 0.25) is 0 Å². The Balaban J connectivity index is 1.50. The van der Waals surface area contributed by atoms with Crippen molar-refractivity contribution >= 4 is 5.91 Å². The molecule has 0 aromatic heterocycles. The third kappa shape index (κ3) is 3.44. The molecule has 2 heterocycles. The first-order valence-corrected chi connectivity index (χ1v) is 9.54. The van der Waals surface area contributed by atoms with Gasteiger partial charge in [0.15, 0.2) is 0 Å². The van der Waals surface area contributed by atoms with Crippen LogP contribution in [0.4, 0.5) is 0 Å². The van der Waals surface area contributed by atoms with E-state index in [9.17, 15) is 4.79 Å². The minimum Gasteiger partial charge on any atom is -0.496 e. The molecule has 2 atom stereocenters. The summed E-state index contributed by atoms with van der Waals surface area (Å²) in [6.07, 6.45) is 5.47. The molecule has 2 aromatic carbocycles. The van der Waals surface area contributed by atoms with Crippen molar-refractivity contribution in [1.29, 1.82) is 0 Å². The van der Waals surface area contributed by atoms with Crippen molar-refractivity contribution in [3.05, 3.63) is 61.2 Å². The van der Waals surface area contributed by atoms with E-state index in [1.54, 1.807) is 7.11 Å². The van der Waals surface area contributed by atoms with Crippen molar-refractivity contribution in [2.75, 3.05) is 7.11 Å². The van der Waals surface area contributed by atoms with Crippen LogP contribution in [-0.4, -0.2) is 36.1 Å². The van der Waals surface area contributed by atoms with Gasteiger partial charge in [0.1, 0.15) is 17.6 Å². The first-order chi connectivity index (χ1) is 13.2. The first kappa shape index (κ1) is 17.7. The minimum atomic E-state index is 0.0547. The minimum absolute atomic E-state index is 0.0547. The van der Waals surface area contributed by atoms with Crippen LogP contribution in [0, 0.1) is 0 Å². The van der Waals surface area contributed by atoms with Crippen LogP contribution in [0.3, 0.4) is 0 Å². The highest BCUT2D eigenvalue weighted by Gasteiger charge is 2.43. The monoisotopic (exact) mass is 363 g/mol. The number of ether oxygens (including phenoxy) is 2. The van der Waals surface area contributed by atoms with E-state index in [1.807, 2.05) is 35.2 Å². The molecule has 4 rings (SSSR count). The van der Waals surface area contributed by atoms with E-state index in [0.717, 1.165) is 48.3 Å². The van der Waals surface area contributed by atoms with Gasteiger partial charge in [-0.2, -0.15) is 0 Å². The maximum Gasteiger partial charge on any atom is 0.246 e. The Hall–Kier alpha value is -2.75. The predicted octanol–water partition coefficient (Wildman–Crippen LogP) is 4.45. The number of piperidine rings is 1. The van der Waals surface area contributed by atoms with Crippen molar-refractivity contribution in [3.8, 4) is 22.6 Å². The summed E-state index contributed by atoms with van der Waals surface area (Å²) in [6.45, 7) is 3.64. The number of nitrogens with zero attached hydrogens (tertiary/aromatic N) is 1. The van der Waals surface area contributed by atoms with Crippen LogP contribution >= 0.6 is 0 Å². The van der Waals surface area contributed by atoms with E-state index < -0.39 is 0 Å². The fourth-order valence-corrected chi connectivity index (χ4v) is 4.50. The Kier molecular flexibility index (Phi) is 4.88. The van der Waals surface area contributed by atoms with Crippen LogP contribution in [0.15, 0.2) is 61.2 Å². The topological polar surface area (TPSA) is 38.8 Å². The van der Waals surface area contributed by atoms with Gasteiger partial charge < -0.3 is 14.4 Å². The van der Waals surface area contributed by atoms with E-state index in [4.69, 9.17) is 9.47 Å². The molecule has 2 unspecified atom stereocenters. The molecule has 0 saturated carbocycles. The number of methoxy groups -OCH3 is 1. The lowest BCUT2D eigenvalue weighted by Crippen LogP contribution is -2.48. The summed E-state index contributed by atoms with van der Waals surface area (Å²) in [7, 11) is 1.69. The molecular weight excluding hydrogens is 338 g/mol. The van der Waals surface area contributed by atoms with Crippen molar-refractivity contribution < 1.29 is 14.3 Å². The second-order valence-corrected chi connectivity index (χ2v) is 7.27. The molecule has 4 heteroatoms. The van der Waals surface area contributed by atoms with Gasteiger partial charge in [-0.3, -0.25) is 4.79 Å². The van der Waals surface area contributed by atoms with Crippen LogP contribution < -0.4 is 9.47 Å². The average Bonchev–Trinajstić information content (AvgIpc) is 2.98. The zero-order valence-corrected chi connectivity index (χ0v) is 15.6. The van der Waals surface area contributed by atoms with Gasteiger partial charge in [-0.25, -0.2) is 0 Å². The van der Waals surface area contributed by atoms with E-state index in [-0.39, 0.29) is 24.1 Å². The highest BCUT2D eigenvalue weighted by Crippen LogP contribution is 2.38. The highest BCUT2D eigenvalue weighted by molar-refractivity contribution is 5.87. The van der Waals surface area contributed by atoms with Crippen molar-refractivity contribution in [1.82, 2.24) is 4.90 Å². The summed E-state index contributed by atoms with van der Waals surface area (Å²) in [5, 5.41) is 0. The number of carbonyl (C=O) groups is 1. The number of rotatable bonds is 5. The number of benzene rings is 2. The second kappa shape index (κ2) is 7.47. The van der Waals surface area contributed by atoms with Gasteiger partial charge in [0, 0.05) is 30.5 Å². The Labute approximate surface area is 160 Å². The molecular formula is C23H25NO3. The van der Waals surface area contributed by atoms with E-state index in [0.29, 0.717) is 0 Å². The third-order valence-corrected chi connectivity index (χ3v) is 5.67. The fourth-order valence-electron chi connectivity index (χ4n) is 4.50. The predicted molar refractivity (Wildman–Crippen MR) is 106 cm³/mol. The Morgan fingerprint density at radius 1 is 1.11 bits per heavy atom. The van der Waals surface area contributed by atoms with E-state index in [2.05, 4.69) is 24.8 Å². The molecule has 0 aliphatic carbocycles. The molecule has 27 heavy (non-hydrogen) atoms. The number of carbonyl (C=O) groups excluding carboxylic acids is 1. The molecule has 0 radical (unpaired) electrons. The van der Waals surface area contributed by atoms with Crippen molar-refractivity contribution in [2.24, 2.45) is 0 Å². The van der Waals surface area contributed by atoms with Gasteiger partial charge in [-0.05, 0) is 42.7 Å². The molecule has 2 fully saturated rings. The van der Waals surface area contributed by atoms with Gasteiger partial charge >= 0.3 is 0 Å². The number of fused-ring (bicyclic) bond motifs is 2. The van der Waals surface area contributed by atoms with E-state index in [1.165, 1.54) is 6.08 Å². The number of amides is 1. The molecule has 4 nitrogen and oxygen atoms in total. The number of hydrogen-bond acceptors (Lipinski definition) is 3. The summed E-state index contributed by atoms with van der Waals surface area (Å²) in [4.78, 5) is 14.1. The lowest BCUT2D eigenvalue weighted by Gasteiger charge is -2.38. The average molecular weight is 363 g/mol. The molecule has 1 amide bonds. The summed E-state index contributed by atoms with van der Waals surface area (Å²) in [5.74, 6) is 1.77. The number of para-hydroxylation sites is 1. The standard InChI is InChI=1S/C23H25NO3/c1-3-23(25)24-17-11-12-18(24)15-20(14-17)27-19-8-6-7-16(13-19)21-9-4-5-10-22(21)26-2/h3-10,13,17-18,20H,1,11-12,14-15H2,2H3. The second-order valence-electron chi connectivity index (χ2n) is 7.27. The lowest BCUT2D eigenvalue weighted by atomic mass is 9.99. The van der Waals surface area contributed by atoms with Gasteiger partial charge in [0.2, 0.25) is 5.91 Å². The Morgan fingerprint density at radius 3 is 2.56 bits per heavy atom. The molecule has 0 spiro atoms. The highest BCUT2D eigenvalue weighted by atomic mass is 16.5. The molecule has 2 aromatic rings. The summed E-state index contributed by atoms with van der Waals surface area (Å²) in [6, 6.07) is 16.7. The zero-order chi connectivity index (χ0) is 18.8. The SMILES string of the molecule is C=CC(=O)N1C2CCC1CC(Oc1cccc(-c3ccccc3OC)c1)C2. The molecule has 2 aliphatic heterocycles. The lowest BCUT2D eigenvalue weighted by molar-refractivity contribution is -0.131. The van der Waals surface area contributed by atoms with Gasteiger partial charge in [0.05, 0.1) is 7.11 Å². The molecule has 2 aliphatic rings. The number of hydrogen-bond donors (Lipinski definition) is 0. The zero-order valence-electron chi connectivity index (χ0n) is 15.6. The van der Waals surface area contributed by atoms with Gasteiger partial charge in [-0.1, -0.05) is 36.9 Å². The molecule has 140 valence electrons. The van der Waals surface area contributed by atoms with Gasteiger partial charge in [-0.15, -0.1) is 0 Å². The van der Waals surface area contributed by atoms with E-state index >= 15 is 0 Å².